The maximum atomic E-state index is 13.3. The summed E-state index contributed by atoms with van der Waals surface area (Å²) in [5.74, 6) is -0.621. The van der Waals surface area contributed by atoms with E-state index in [1.807, 2.05) is 13.8 Å². The van der Waals surface area contributed by atoms with Gasteiger partial charge in [-0.1, -0.05) is 13.8 Å². The van der Waals surface area contributed by atoms with Gasteiger partial charge in [0, 0.05) is 37.3 Å². The van der Waals surface area contributed by atoms with Crippen LogP contribution in [-0.4, -0.2) is 48.9 Å². The van der Waals surface area contributed by atoms with Crippen LogP contribution in [0.3, 0.4) is 0 Å². The predicted octanol–water partition coefficient (Wildman–Crippen LogP) is 1.53. The Labute approximate surface area is 192 Å². The fraction of sp³-hybridized carbons (Fsp3) is 0.348. The molecule has 0 saturated carbocycles. The number of pyridine rings is 1. The molecule has 0 saturated heterocycles. The maximum Gasteiger partial charge on any atom is 0.244 e. The summed E-state index contributed by atoms with van der Waals surface area (Å²) in [7, 11) is 0. The number of hydrogen-bond donors (Lipinski definition) is 3. The highest BCUT2D eigenvalue weighted by molar-refractivity contribution is 5.83. The lowest BCUT2D eigenvalue weighted by atomic mass is 9.99. The van der Waals surface area contributed by atoms with E-state index < -0.39 is 24.2 Å². The SMILES string of the molecule is CC(=O)NC1=CC=CN([C@@H](CC(C)C)C(=O)N[C@H](C#N)c2cncc(-n3cccn3)c2)[C@H]1O. The standard InChI is InChI=1S/C23H27N7O3/c1-15(2)10-21(29-8-4-6-19(23(29)33)27-16(3)31)22(32)28-20(12-24)17-11-18(14-25-13-17)30-9-5-7-26-30/h4-9,11,13-15,20-21,23,33H,10H2,1-3H3,(H,27,31)(H,28,32)/t20-,21+,23+/m1/s1. The molecule has 0 aliphatic carbocycles. The van der Waals surface area contributed by atoms with Crippen molar-refractivity contribution in [3.63, 3.8) is 0 Å². The average molecular weight is 450 g/mol. The number of nitrogens with zero attached hydrogens (tertiary/aromatic N) is 5. The fourth-order valence-corrected chi connectivity index (χ4v) is 3.55. The minimum absolute atomic E-state index is 0.127. The van der Waals surface area contributed by atoms with Crippen molar-refractivity contribution >= 4 is 11.8 Å². The molecule has 2 amide bonds. The Bertz CT molecular complexity index is 1090. The summed E-state index contributed by atoms with van der Waals surface area (Å²) in [6.45, 7) is 5.27. The molecule has 172 valence electrons. The van der Waals surface area contributed by atoms with Gasteiger partial charge in [0.2, 0.25) is 11.8 Å². The van der Waals surface area contributed by atoms with E-state index in [1.165, 1.54) is 18.0 Å². The average Bonchev–Trinajstić information content (AvgIpc) is 3.32. The number of aromatic nitrogens is 3. The first-order chi connectivity index (χ1) is 15.8. The van der Waals surface area contributed by atoms with Crippen molar-refractivity contribution in [1.29, 1.82) is 5.26 Å². The molecule has 2 aromatic rings. The Morgan fingerprint density at radius 3 is 2.76 bits per heavy atom. The van der Waals surface area contributed by atoms with Crippen LogP contribution in [0.1, 0.15) is 38.8 Å². The topological polar surface area (TPSA) is 136 Å². The number of carbonyl (C=O) groups is 2. The second-order valence-corrected chi connectivity index (χ2v) is 8.11. The third-order valence-corrected chi connectivity index (χ3v) is 5.04. The zero-order valence-corrected chi connectivity index (χ0v) is 18.7. The molecule has 0 radical (unpaired) electrons. The van der Waals surface area contributed by atoms with E-state index in [4.69, 9.17) is 0 Å². The van der Waals surface area contributed by atoms with Crippen LogP contribution >= 0.6 is 0 Å². The minimum Gasteiger partial charge on any atom is -0.368 e. The number of rotatable bonds is 8. The summed E-state index contributed by atoms with van der Waals surface area (Å²) < 4.78 is 1.61. The molecule has 3 rings (SSSR count). The van der Waals surface area contributed by atoms with Gasteiger partial charge in [-0.2, -0.15) is 10.4 Å². The van der Waals surface area contributed by atoms with Crippen LogP contribution in [0, 0.1) is 17.2 Å². The zero-order valence-electron chi connectivity index (χ0n) is 18.7. The largest absolute Gasteiger partial charge is 0.368 e. The van der Waals surface area contributed by atoms with Crippen LogP contribution in [-0.2, 0) is 9.59 Å². The molecule has 1 aliphatic rings. The number of hydrogen-bond acceptors (Lipinski definition) is 7. The lowest BCUT2D eigenvalue weighted by Crippen LogP contribution is -2.52. The predicted molar refractivity (Wildman–Crippen MR) is 120 cm³/mol. The molecule has 33 heavy (non-hydrogen) atoms. The van der Waals surface area contributed by atoms with Crippen molar-refractivity contribution in [2.75, 3.05) is 0 Å². The van der Waals surface area contributed by atoms with E-state index in [0.717, 1.165) is 0 Å². The monoisotopic (exact) mass is 449 g/mol. The number of allylic oxidation sites excluding steroid dienone is 2. The van der Waals surface area contributed by atoms with Gasteiger partial charge in [0.15, 0.2) is 6.23 Å². The highest BCUT2D eigenvalue weighted by Gasteiger charge is 2.33. The number of amides is 2. The quantitative estimate of drug-likeness (QED) is 0.556. The number of aliphatic hydroxyl groups excluding tert-OH is 1. The summed E-state index contributed by atoms with van der Waals surface area (Å²) in [6, 6.07) is 3.89. The fourth-order valence-electron chi connectivity index (χ4n) is 3.55. The van der Waals surface area contributed by atoms with Crippen LogP contribution in [0.25, 0.3) is 5.69 Å². The molecular formula is C23H27N7O3. The Morgan fingerprint density at radius 2 is 2.12 bits per heavy atom. The van der Waals surface area contributed by atoms with Gasteiger partial charge < -0.3 is 20.6 Å². The normalized spacial score (nSPS) is 17.2. The summed E-state index contributed by atoms with van der Waals surface area (Å²) in [5.41, 5.74) is 1.44. The smallest absolute Gasteiger partial charge is 0.244 e. The van der Waals surface area contributed by atoms with Crippen LogP contribution in [0.5, 0.6) is 0 Å². The number of aliphatic hydroxyl groups is 1. The maximum absolute atomic E-state index is 13.3. The first-order valence-corrected chi connectivity index (χ1v) is 10.6. The molecule has 10 heteroatoms. The van der Waals surface area contributed by atoms with Crippen LogP contribution in [0.15, 0.2) is 61.0 Å². The van der Waals surface area contributed by atoms with Gasteiger partial charge in [-0.3, -0.25) is 14.6 Å². The Balaban J connectivity index is 1.82. The highest BCUT2D eigenvalue weighted by Crippen LogP contribution is 2.22. The van der Waals surface area contributed by atoms with Crippen LogP contribution < -0.4 is 10.6 Å². The zero-order chi connectivity index (χ0) is 24.0. The minimum atomic E-state index is -1.21. The Morgan fingerprint density at radius 1 is 1.33 bits per heavy atom. The molecule has 3 N–H and O–H groups in total. The van der Waals surface area contributed by atoms with Crippen molar-refractivity contribution in [3.05, 3.63) is 66.5 Å². The van der Waals surface area contributed by atoms with Gasteiger partial charge in [-0.25, -0.2) is 4.68 Å². The van der Waals surface area contributed by atoms with Crippen molar-refractivity contribution in [3.8, 4) is 11.8 Å². The van der Waals surface area contributed by atoms with Crippen molar-refractivity contribution in [2.24, 2.45) is 5.92 Å². The van der Waals surface area contributed by atoms with Crippen LogP contribution in [0.4, 0.5) is 0 Å². The third-order valence-electron chi connectivity index (χ3n) is 5.04. The van der Waals surface area contributed by atoms with Crippen LogP contribution in [0.2, 0.25) is 0 Å². The van der Waals surface area contributed by atoms with Gasteiger partial charge in [-0.15, -0.1) is 0 Å². The van der Waals surface area contributed by atoms with E-state index in [9.17, 15) is 20.0 Å². The second kappa shape index (κ2) is 10.6. The highest BCUT2D eigenvalue weighted by atomic mass is 16.3. The molecule has 2 aromatic heterocycles. The molecule has 1 aliphatic heterocycles. The molecule has 0 aromatic carbocycles. The van der Waals surface area contributed by atoms with Gasteiger partial charge in [-0.05, 0) is 36.6 Å². The molecular weight excluding hydrogens is 422 g/mol. The summed E-state index contributed by atoms with van der Waals surface area (Å²) in [5, 5.41) is 30.1. The first-order valence-electron chi connectivity index (χ1n) is 10.6. The van der Waals surface area contributed by atoms with Gasteiger partial charge in [0.05, 0.1) is 23.7 Å². The molecule has 3 atom stereocenters. The van der Waals surface area contributed by atoms with Gasteiger partial charge in [0.1, 0.15) is 12.1 Å². The van der Waals surface area contributed by atoms with E-state index in [2.05, 4.69) is 26.8 Å². The third kappa shape index (κ3) is 5.84. The molecule has 0 fully saturated rings. The summed E-state index contributed by atoms with van der Waals surface area (Å²) in [4.78, 5) is 30.4. The van der Waals surface area contributed by atoms with Crippen molar-refractivity contribution < 1.29 is 14.7 Å². The summed E-state index contributed by atoms with van der Waals surface area (Å²) in [6.07, 6.45) is 10.6. The molecule has 0 spiro atoms. The lowest BCUT2D eigenvalue weighted by Gasteiger charge is -2.37. The van der Waals surface area contributed by atoms with Gasteiger partial charge in [0.25, 0.3) is 0 Å². The number of carbonyl (C=O) groups excluding carboxylic acids is 2. The van der Waals surface area contributed by atoms with E-state index >= 15 is 0 Å². The second-order valence-electron chi connectivity index (χ2n) is 8.11. The summed E-state index contributed by atoms with van der Waals surface area (Å²) >= 11 is 0. The molecule has 0 bridgehead atoms. The number of nitrogens with one attached hydrogen (secondary N) is 2. The number of nitriles is 1. The van der Waals surface area contributed by atoms with E-state index in [0.29, 0.717) is 17.7 Å². The lowest BCUT2D eigenvalue weighted by molar-refractivity contribution is -0.129. The van der Waals surface area contributed by atoms with Gasteiger partial charge >= 0.3 is 0 Å². The van der Waals surface area contributed by atoms with E-state index in [-0.39, 0.29) is 17.5 Å². The molecule has 10 nitrogen and oxygen atoms in total. The van der Waals surface area contributed by atoms with Crippen molar-refractivity contribution in [2.45, 2.75) is 45.5 Å². The van der Waals surface area contributed by atoms with E-state index in [1.54, 1.807) is 53.8 Å². The molecule has 0 unspecified atom stereocenters. The first kappa shape index (κ1) is 23.7. The van der Waals surface area contributed by atoms with Crippen molar-refractivity contribution in [1.82, 2.24) is 30.3 Å². The Hall–Kier alpha value is -3.97. The molecule has 3 heterocycles. The Kier molecular flexibility index (Phi) is 7.58.